The highest BCUT2D eigenvalue weighted by Crippen LogP contribution is 2.59. The summed E-state index contributed by atoms with van der Waals surface area (Å²) in [6, 6.07) is 8.96. The first-order valence-electron chi connectivity index (χ1n) is 4.79. The number of rotatable bonds is 4. The first-order chi connectivity index (χ1) is 8.74. The predicted octanol–water partition coefficient (Wildman–Crippen LogP) is 4.84. The van der Waals surface area contributed by atoms with E-state index in [0.29, 0.717) is 22.8 Å². The highest BCUT2D eigenvalue weighted by molar-refractivity contribution is 7.65. The van der Waals surface area contributed by atoms with Gasteiger partial charge in [-0.05, 0) is 12.1 Å². The van der Waals surface area contributed by atoms with Gasteiger partial charge in [-0.3, -0.25) is 0 Å². The zero-order valence-corrected chi connectivity index (χ0v) is 11.8. The van der Waals surface area contributed by atoms with Gasteiger partial charge in [0.2, 0.25) is 0 Å². The molecule has 0 saturated heterocycles. The minimum Gasteiger partial charge on any atom is -0.413 e. The van der Waals surface area contributed by atoms with E-state index in [0.717, 1.165) is 6.08 Å². The monoisotopic (exact) mass is 299 g/mol. The zero-order chi connectivity index (χ0) is 12.8. The molecule has 6 nitrogen and oxygen atoms in total. The van der Waals surface area contributed by atoms with Gasteiger partial charge in [0.25, 0.3) is 0 Å². The zero-order valence-electron chi connectivity index (χ0n) is 9.08. The fraction of sp³-hybridized carbons (Fsp3) is 0. The highest BCUT2D eigenvalue weighted by atomic mass is 31.2. The van der Waals surface area contributed by atoms with E-state index in [4.69, 9.17) is 9.05 Å². The van der Waals surface area contributed by atoms with Gasteiger partial charge in [0.05, 0.1) is 0 Å². The maximum atomic E-state index is 11.3. The van der Waals surface area contributed by atoms with Crippen LogP contribution in [-0.2, 0) is 9.32 Å². The van der Waals surface area contributed by atoms with Crippen LogP contribution in [0.4, 0.5) is 0 Å². The van der Waals surface area contributed by atoms with Gasteiger partial charge < -0.3 is 9.05 Å². The maximum absolute atomic E-state index is 11.3. The fourth-order valence-electron chi connectivity index (χ4n) is 1.04. The molecule has 92 valence electrons. The lowest BCUT2D eigenvalue weighted by Gasteiger charge is -2.18. The molecule has 0 saturated carbocycles. The molecule has 1 aromatic carbocycles. The SMILES string of the molecule is C=CC(=O)OP1(Oc2ccccc2)=NP=NP=N1. The Morgan fingerprint density at radius 1 is 1.33 bits per heavy atom. The van der Waals surface area contributed by atoms with E-state index in [-0.39, 0.29) is 0 Å². The van der Waals surface area contributed by atoms with Crippen molar-refractivity contribution in [2.75, 3.05) is 0 Å². The Hall–Kier alpha value is -1.34. The highest BCUT2D eigenvalue weighted by Gasteiger charge is 2.28. The van der Waals surface area contributed by atoms with E-state index in [2.05, 4.69) is 20.1 Å². The lowest BCUT2D eigenvalue weighted by atomic mass is 10.3. The molecule has 1 atom stereocenters. The molecule has 2 rings (SSSR count). The minimum atomic E-state index is -2.97. The second-order valence-corrected chi connectivity index (χ2v) is 6.81. The van der Waals surface area contributed by atoms with Crippen molar-refractivity contribution in [1.82, 2.24) is 0 Å². The molecule has 18 heavy (non-hydrogen) atoms. The van der Waals surface area contributed by atoms with Crippen LogP contribution in [0, 0.1) is 0 Å². The van der Waals surface area contributed by atoms with Crippen LogP contribution in [0.5, 0.6) is 5.75 Å². The molecule has 0 bridgehead atoms. The van der Waals surface area contributed by atoms with Gasteiger partial charge >= 0.3 is 13.6 Å². The first kappa shape index (κ1) is 13.1. The van der Waals surface area contributed by atoms with Crippen molar-refractivity contribution in [2.24, 2.45) is 13.5 Å². The maximum Gasteiger partial charge on any atom is 0.462 e. The number of carbonyl (C=O) groups excluding carboxylic acids is 1. The van der Waals surface area contributed by atoms with Gasteiger partial charge in [0, 0.05) is 6.08 Å². The Morgan fingerprint density at radius 2 is 2.11 bits per heavy atom. The van der Waals surface area contributed by atoms with E-state index < -0.39 is 13.6 Å². The average Bonchev–Trinajstić information content (AvgIpc) is 2.40. The van der Waals surface area contributed by atoms with E-state index in [9.17, 15) is 4.79 Å². The third-order valence-corrected chi connectivity index (χ3v) is 5.68. The van der Waals surface area contributed by atoms with E-state index in [1.807, 2.05) is 18.2 Å². The van der Waals surface area contributed by atoms with Crippen LogP contribution in [0.25, 0.3) is 0 Å². The summed E-state index contributed by atoms with van der Waals surface area (Å²) >= 11 is 0. The van der Waals surface area contributed by atoms with Crippen LogP contribution >= 0.6 is 24.7 Å². The van der Waals surface area contributed by atoms with E-state index >= 15 is 0 Å². The molecule has 0 aromatic heterocycles. The fourth-order valence-corrected chi connectivity index (χ4v) is 4.71. The van der Waals surface area contributed by atoms with Crippen LogP contribution in [0.15, 0.2) is 56.5 Å². The summed E-state index contributed by atoms with van der Waals surface area (Å²) in [6.45, 7) is 3.34. The quantitative estimate of drug-likeness (QED) is 0.589. The summed E-state index contributed by atoms with van der Waals surface area (Å²) in [6.07, 6.45) is 1.06. The molecule has 0 N–H and O–H groups in total. The lowest BCUT2D eigenvalue weighted by molar-refractivity contribution is -0.128. The van der Waals surface area contributed by atoms with Crippen molar-refractivity contribution in [1.29, 1.82) is 0 Å². The van der Waals surface area contributed by atoms with Crippen molar-refractivity contribution < 1.29 is 13.8 Å². The van der Waals surface area contributed by atoms with Crippen LogP contribution < -0.4 is 4.52 Å². The Morgan fingerprint density at radius 3 is 2.72 bits per heavy atom. The largest absolute Gasteiger partial charge is 0.462 e. The predicted molar refractivity (Wildman–Crippen MR) is 71.4 cm³/mol. The Kier molecular flexibility index (Phi) is 4.38. The number of hydrogen-bond acceptors (Lipinski definition) is 6. The van der Waals surface area contributed by atoms with Gasteiger partial charge in [0.15, 0.2) is 17.0 Å². The second kappa shape index (κ2) is 6.01. The first-order valence-corrected chi connectivity index (χ1v) is 7.92. The topological polar surface area (TPSA) is 72.6 Å². The second-order valence-electron chi connectivity index (χ2n) is 2.96. The summed E-state index contributed by atoms with van der Waals surface area (Å²) in [5.74, 6) is -0.0680. The van der Waals surface area contributed by atoms with Crippen LogP contribution in [-0.4, -0.2) is 5.97 Å². The Balaban J connectivity index is 2.30. The van der Waals surface area contributed by atoms with Crippen molar-refractivity contribution in [3.05, 3.63) is 43.0 Å². The molecule has 1 heterocycles. The van der Waals surface area contributed by atoms with Crippen molar-refractivity contribution in [3.8, 4) is 5.75 Å². The summed E-state index contributed by atoms with van der Waals surface area (Å²) in [5.41, 5.74) is 0. The molecule has 0 amide bonds. The molecule has 1 aromatic rings. The minimum absolute atomic E-state index is 0.446. The summed E-state index contributed by atoms with van der Waals surface area (Å²) in [5, 5.41) is 0. The third kappa shape index (κ3) is 3.33. The van der Waals surface area contributed by atoms with Crippen LogP contribution in [0.2, 0.25) is 0 Å². The van der Waals surface area contributed by atoms with Crippen molar-refractivity contribution in [3.63, 3.8) is 0 Å². The summed E-state index contributed by atoms with van der Waals surface area (Å²) in [7, 11) is -2.08. The van der Waals surface area contributed by atoms with Gasteiger partial charge in [-0.1, -0.05) is 24.8 Å². The molecule has 0 spiro atoms. The van der Waals surface area contributed by atoms with Gasteiger partial charge in [-0.15, -0.1) is 9.03 Å². The number of benzene rings is 1. The molecule has 9 heteroatoms. The number of para-hydroxylation sites is 1. The van der Waals surface area contributed by atoms with Crippen LogP contribution in [0.3, 0.4) is 0 Å². The van der Waals surface area contributed by atoms with E-state index in [1.54, 1.807) is 12.1 Å². The molecular formula is C9H8N3O3P3. The molecule has 1 aliphatic rings. The third-order valence-electron chi connectivity index (χ3n) is 1.73. The molecule has 0 fully saturated rings. The number of nitrogens with zero attached hydrogens (tertiary/aromatic N) is 3. The Labute approximate surface area is 107 Å². The van der Waals surface area contributed by atoms with Gasteiger partial charge in [-0.2, -0.15) is 4.52 Å². The smallest absolute Gasteiger partial charge is 0.413 e. The normalized spacial score (nSPS) is 22.7. The summed E-state index contributed by atoms with van der Waals surface area (Å²) < 4.78 is 22.8. The lowest BCUT2D eigenvalue weighted by Crippen LogP contribution is -2.01. The van der Waals surface area contributed by atoms with E-state index in [1.165, 1.54) is 0 Å². The van der Waals surface area contributed by atoms with Crippen molar-refractivity contribution >= 4 is 30.7 Å². The molecular weight excluding hydrogens is 291 g/mol. The number of hydrogen-bond donors (Lipinski definition) is 0. The number of carbonyl (C=O) groups is 1. The molecule has 1 aliphatic heterocycles. The molecule has 0 radical (unpaired) electrons. The van der Waals surface area contributed by atoms with Gasteiger partial charge in [-0.25, -0.2) is 4.79 Å². The molecule has 0 aliphatic carbocycles. The van der Waals surface area contributed by atoms with Gasteiger partial charge in [0.1, 0.15) is 5.75 Å². The molecule has 1 unspecified atom stereocenters. The van der Waals surface area contributed by atoms with Crippen molar-refractivity contribution in [2.45, 2.75) is 0 Å². The Bertz CT molecular complexity index is 571. The van der Waals surface area contributed by atoms with Crippen LogP contribution in [0.1, 0.15) is 0 Å². The average molecular weight is 299 g/mol. The standard InChI is InChI=1S/C9H8N3O3P3/c1-2-9(13)15-18(11-16-10-17-12-18)14-8-6-4-3-5-7-8/h2-7H,1H2. The summed E-state index contributed by atoms with van der Waals surface area (Å²) in [4.78, 5) is 11.3.